The summed E-state index contributed by atoms with van der Waals surface area (Å²) in [6.45, 7) is 2.42. The third-order valence-electron chi connectivity index (χ3n) is 2.70. The molecule has 0 radical (unpaired) electrons. The van der Waals surface area contributed by atoms with E-state index in [-0.39, 0.29) is 29.1 Å². The van der Waals surface area contributed by atoms with Crippen LogP contribution in [0.3, 0.4) is 0 Å². The zero-order valence-electron chi connectivity index (χ0n) is 10.5. The molecule has 1 saturated heterocycles. The fraction of sp³-hybridized carbons (Fsp3) is 0.700. The topological polar surface area (TPSA) is 102 Å². The number of hydrogen-bond acceptors (Lipinski definition) is 7. The highest BCUT2D eigenvalue weighted by atomic mass is 32.2. The minimum atomic E-state index is -2.97. The summed E-state index contributed by atoms with van der Waals surface area (Å²) >= 11 is 1.15. The molecular formula is C10H15N3O4S2. The lowest BCUT2D eigenvalue weighted by Crippen LogP contribution is -2.24. The van der Waals surface area contributed by atoms with E-state index in [9.17, 15) is 13.2 Å². The number of thioether (sulfide) groups is 1. The number of hydrogen-bond donors (Lipinski definition) is 1. The van der Waals surface area contributed by atoms with Crippen LogP contribution in [-0.4, -0.2) is 48.3 Å². The van der Waals surface area contributed by atoms with Crippen LogP contribution >= 0.6 is 11.8 Å². The van der Waals surface area contributed by atoms with Crippen molar-refractivity contribution in [3.8, 4) is 0 Å². The first kappa shape index (κ1) is 14.3. The van der Waals surface area contributed by atoms with E-state index in [1.54, 1.807) is 0 Å². The van der Waals surface area contributed by atoms with E-state index in [2.05, 4.69) is 15.5 Å². The molecule has 0 bridgehead atoms. The fourth-order valence-corrected chi connectivity index (χ4v) is 4.14. The molecule has 2 heterocycles. The molecule has 1 aromatic heterocycles. The Balaban J connectivity index is 1.91. The van der Waals surface area contributed by atoms with Crippen molar-refractivity contribution >= 4 is 27.5 Å². The molecule has 0 saturated carbocycles. The van der Waals surface area contributed by atoms with Gasteiger partial charge in [-0.05, 0) is 13.3 Å². The molecule has 0 aromatic carbocycles. The first-order valence-corrected chi connectivity index (χ1v) is 8.74. The smallest absolute Gasteiger partial charge is 0.277 e. The molecule has 1 N–H and O–H groups in total. The van der Waals surface area contributed by atoms with E-state index >= 15 is 0 Å². The van der Waals surface area contributed by atoms with Gasteiger partial charge in [-0.15, -0.1) is 10.2 Å². The molecule has 1 aromatic rings. The molecular weight excluding hydrogens is 290 g/mol. The number of carbonyl (C=O) groups excluding carboxylic acids is 1. The van der Waals surface area contributed by atoms with E-state index in [1.807, 2.05) is 6.92 Å². The Hall–Kier alpha value is -1.09. The summed E-state index contributed by atoms with van der Waals surface area (Å²) in [6, 6.07) is 0. The van der Waals surface area contributed by atoms with Gasteiger partial charge in [0.25, 0.3) is 5.22 Å². The van der Waals surface area contributed by atoms with Crippen LogP contribution in [-0.2, 0) is 14.6 Å². The van der Waals surface area contributed by atoms with Gasteiger partial charge in [0.05, 0.1) is 23.2 Å². The van der Waals surface area contributed by atoms with Crippen molar-refractivity contribution in [1.29, 1.82) is 0 Å². The van der Waals surface area contributed by atoms with Gasteiger partial charge >= 0.3 is 0 Å². The first-order chi connectivity index (χ1) is 9.00. The molecule has 0 unspecified atom stereocenters. The second-order valence-corrected chi connectivity index (χ2v) is 7.40. The maximum atomic E-state index is 11.4. The van der Waals surface area contributed by atoms with Crippen LogP contribution in [0.15, 0.2) is 9.64 Å². The summed E-state index contributed by atoms with van der Waals surface area (Å²) in [5.41, 5.74) is 0. The summed E-state index contributed by atoms with van der Waals surface area (Å²) < 4.78 is 28.1. The van der Waals surface area contributed by atoms with Crippen molar-refractivity contribution in [2.75, 3.05) is 23.8 Å². The summed E-state index contributed by atoms with van der Waals surface area (Å²) in [6.07, 6.45) is 0.519. The van der Waals surface area contributed by atoms with Gasteiger partial charge in [0, 0.05) is 6.54 Å². The Morgan fingerprint density at radius 2 is 2.32 bits per heavy atom. The van der Waals surface area contributed by atoms with Gasteiger partial charge in [-0.1, -0.05) is 11.8 Å². The minimum absolute atomic E-state index is 0.0651. The first-order valence-electron chi connectivity index (χ1n) is 5.93. The normalized spacial score (nSPS) is 21.4. The van der Waals surface area contributed by atoms with Crippen LogP contribution in [0.4, 0.5) is 0 Å². The molecule has 2 rings (SSSR count). The van der Waals surface area contributed by atoms with Gasteiger partial charge in [-0.3, -0.25) is 4.79 Å². The average molecular weight is 305 g/mol. The Kier molecular flexibility index (Phi) is 4.46. The van der Waals surface area contributed by atoms with Crippen LogP contribution < -0.4 is 5.32 Å². The minimum Gasteiger partial charge on any atom is -0.416 e. The Bertz CT molecular complexity index is 555. The van der Waals surface area contributed by atoms with Gasteiger partial charge in [-0.25, -0.2) is 8.42 Å². The van der Waals surface area contributed by atoms with Gasteiger partial charge < -0.3 is 9.73 Å². The zero-order chi connectivity index (χ0) is 13.9. The quantitative estimate of drug-likeness (QED) is 0.775. The van der Waals surface area contributed by atoms with Gasteiger partial charge in [0.2, 0.25) is 11.8 Å². The number of nitrogens with zero attached hydrogens (tertiary/aromatic N) is 2. The second-order valence-electron chi connectivity index (χ2n) is 4.25. The molecule has 1 fully saturated rings. The lowest BCUT2D eigenvalue weighted by Gasteiger charge is -2.00. The lowest BCUT2D eigenvalue weighted by atomic mass is 10.1. The molecule has 19 heavy (non-hydrogen) atoms. The molecule has 1 aliphatic rings. The van der Waals surface area contributed by atoms with E-state index in [4.69, 9.17) is 4.42 Å². The highest BCUT2D eigenvalue weighted by Gasteiger charge is 2.32. The van der Waals surface area contributed by atoms with Crippen molar-refractivity contribution in [3.63, 3.8) is 0 Å². The third kappa shape index (κ3) is 3.93. The lowest BCUT2D eigenvalue weighted by molar-refractivity contribution is -0.118. The third-order valence-corrected chi connectivity index (χ3v) is 5.29. The molecule has 0 aliphatic carbocycles. The summed E-state index contributed by atoms with van der Waals surface area (Å²) in [4.78, 5) is 11.3. The molecule has 1 atom stereocenters. The number of sulfone groups is 1. The number of nitrogens with one attached hydrogen (secondary N) is 1. The summed E-state index contributed by atoms with van der Waals surface area (Å²) in [7, 11) is -2.97. The second kappa shape index (κ2) is 5.91. The largest absolute Gasteiger partial charge is 0.416 e. The standard InChI is InChI=1S/C10H15N3O4S2/c1-2-11-8(14)5-18-10-13-12-9(17-10)7-3-4-19(15,16)6-7/h7H,2-6H2,1H3,(H,11,14)/t7-/m1/s1. The van der Waals surface area contributed by atoms with Gasteiger partial charge in [0.1, 0.15) is 0 Å². The molecule has 9 heteroatoms. The maximum absolute atomic E-state index is 11.4. The molecule has 0 spiro atoms. The predicted molar refractivity (Wildman–Crippen MR) is 69.7 cm³/mol. The van der Waals surface area contributed by atoms with E-state index in [0.717, 1.165) is 11.8 Å². The Labute approximate surface area is 115 Å². The van der Waals surface area contributed by atoms with Crippen molar-refractivity contribution in [2.45, 2.75) is 24.5 Å². The van der Waals surface area contributed by atoms with Gasteiger partial charge in [0.15, 0.2) is 9.84 Å². The maximum Gasteiger partial charge on any atom is 0.277 e. The monoisotopic (exact) mass is 305 g/mol. The molecule has 1 amide bonds. The highest BCUT2D eigenvalue weighted by molar-refractivity contribution is 7.99. The van der Waals surface area contributed by atoms with Crippen LogP contribution in [0.2, 0.25) is 0 Å². The van der Waals surface area contributed by atoms with E-state index in [0.29, 0.717) is 24.1 Å². The number of aromatic nitrogens is 2. The fourth-order valence-electron chi connectivity index (χ4n) is 1.81. The van der Waals surface area contributed by atoms with Crippen molar-refractivity contribution < 1.29 is 17.6 Å². The number of amides is 1. The molecule has 7 nitrogen and oxygen atoms in total. The van der Waals surface area contributed by atoms with Crippen LogP contribution in [0, 0.1) is 0 Å². The van der Waals surface area contributed by atoms with Gasteiger partial charge in [-0.2, -0.15) is 0 Å². The summed E-state index contributed by atoms with van der Waals surface area (Å²) in [5.74, 6) is 0.474. The van der Waals surface area contributed by atoms with Crippen LogP contribution in [0.5, 0.6) is 0 Å². The van der Waals surface area contributed by atoms with E-state index < -0.39 is 9.84 Å². The van der Waals surface area contributed by atoms with Crippen molar-refractivity contribution in [2.24, 2.45) is 0 Å². The average Bonchev–Trinajstić information content (AvgIpc) is 2.93. The molecule has 106 valence electrons. The zero-order valence-corrected chi connectivity index (χ0v) is 12.1. The van der Waals surface area contributed by atoms with E-state index in [1.165, 1.54) is 0 Å². The Morgan fingerprint density at radius 3 is 2.95 bits per heavy atom. The number of carbonyl (C=O) groups is 1. The van der Waals surface area contributed by atoms with Crippen LogP contribution in [0.1, 0.15) is 25.2 Å². The SMILES string of the molecule is CCNC(=O)CSc1nnc([C@@H]2CCS(=O)(=O)C2)o1. The predicted octanol–water partition coefficient (Wildman–Crippen LogP) is 0.200. The van der Waals surface area contributed by atoms with Crippen molar-refractivity contribution in [3.05, 3.63) is 5.89 Å². The summed E-state index contributed by atoms with van der Waals surface area (Å²) in [5, 5.41) is 10.6. The van der Waals surface area contributed by atoms with Crippen molar-refractivity contribution in [1.82, 2.24) is 15.5 Å². The molecule has 1 aliphatic heterocycles. The number of rotatable bonds is 5. The highest BCUT2D eigenvalue weighted by Crippen LogP contribution is 2.29. The Morgan fingerprint density at radius 1 is 1.53 bits per heavy atom. The van der Waals surface area contributed by atoms with Crippen LogP contribution in [0.25, 0.3) is 0 Å².